The van der Waals surface area contributed by atoms with Crippen LogP contribution in [-0.2, 0) is 0 Å². The van der Waals surface area contributed by atoms with E-state index >= 15 is 0 Å². The average Bonchev–Trinajstić information content (AvgIpc) is 2.69. The van der Waals surface area contributed by atoms with Gasteiger partial charge in [-0.2, -0.15) is 0 Å². The Balaban J connectivity index is 2.52. The second-order valence-electron chi connectivity index (χ2n) is 3.60. The number of rotatable bonds is 1. The third-order valence-corrected chi connectivity index (χ3v) is 2.89. The first-order valence-corrected chi connectivity index (χ1v) is 5.12. The number of phenols is 2. The van der Waals surface area contributed by atoms with Gasteiger partial charge >= 0.3 is 0 Å². The summed E-state index contributed by atoms with van der Waals surface area (Å²) in [5, 5.41) is 21.8. The van der Waals surface area contributed by atoms with Gasteiger partial charge in [-0.25, -0.2) is 4.39 Å². The monoisotopic (exact) mass is 231 g/mol. The summed E-state index contributed by atoms with van der Waals surface area (Å²) >= 11 is 5.60. The molecule has 0 spiro atoms. The van der Waals surface area contributed by atoms with Crippen molar-refractivity contribution in [3.8, 4) is 11.5 Å². The van der Waals surface area contributed by atoms with E-state index in [1.54, 1.807) is 0 Å². The van der Waals surface area contributed by atoms with Crippen molar-refractivity contribution in [3.63, 3.8) is 0 Å². The van der Waals surface area contributed by atoms with Crippen molar-refractivity contribution < 1.29 is 14.6 Å². The molecule has 0 bridgehead atoms. The Kier molecular flexibility index (Phi) is 2.71. The van der Waals surface area contributed by atoms with Crippen molar-refractivity contribution in [2.75, 3.05) is 6.54 Å². The number of phenolic OH excluding ortho intramolecular Hbond substituents is 2. The maximum Gasteiger partial charge on any atom is 0.165 e. The third kappa shape index (κ3) is 1.75. The first kappa shape index (κ1) is 10.5. The van der Waals surface area contributed by atoms with E-state index in [-0.39, 0.29) is 22.4 Å². The number of nitrogens with one attached hydrogen (secondary N) is 1. The molecule has 1 atom stereocenters. The second-order valence-corrected chi connectivity index (χ2v) is 4.01. The average molecular weight is 232 g/mol. The van der Waals surface area contributed by atoms with Crippen molar-refractivity contribution in [1.29, 1.82) is 0 Å². The van der Waals surface area contributed by atoms with Gasteiger partial charge in [0.1, 0.15) is 0 Å². The first-order valence-electron chi connectivity index (χ1n) is 4.74. The standard InChI is InChI=1S/C10H11ClFNO2/c11-5-4-7(14)10(15)8(9(5)12)6-2-1-3-13-6/h4,6,13-15H,1-3H2. The predicted octanol–water partition coefficient (Wildman–Crippen LogP) is 2.31. The van der Waals surface area contributed by atoms with Crippen molar-refractivity contribution in [2.45, 2.75) is 18.9 Å². The number of halogens is 2. The fraction of sp³-hybridized carbons (Fsp3) is 0.400. The van der Waals surface area contributed by atoms with E-state index in [1.165, 1.54) is 0 Å². The highest BCUT2D eigenvalue weighted by Crippen LogP contribution is 2.41. The lowest BCUT2D eigenvalue weighted by Crippen LogP contribution is -2.14. The fourth-order valence-corrected chi connectivity index (χ4v) is 2.08. The van der Waals surface area contributed by atoms with E-state index < -0.39 is 11.6 Å². The number of aromatic hydroxyl groups is 2. The van der Waals surface area contributed by atoms with Crippen LogP contribution in [-0.4, -0.2) is 16.8 Å². The predicted molar refractivity (Wildman–Crippen MR) is 54.7 cm³/mol. The fourth-order valence-electron chi connectivity index (χ4n) is 1.87. The molecule has 1 aliphatic rings. The van der Waals surface area contributed by atoms with Crippen LogP contribution >= 0.6 is 11.6 Å². The minimum atomic E-state index is -0.661. The Hall–Kier alpha value is -1.00. The number of hydrogen-bond acceptors (Lipinski definition) is 3. The van der Waals surface area contributed by atoms with Crippen LogP contribution in [0.15, 0.2) is 6.07 Å². The molecule has 1 unspecified atom stereocenters. The largest absolute Gasteiger partial charge is 0.504 e. The van der Waals surface area contributed by atoms with E-state index in [2.05, 4.69) is 5.32 Å². The summed E-state index contributed by atoms with van der Waals surface area (Å²) in [6.07, 6.45) is 1.64. The molecule has 1 saturated heterocycles. The van der Waals surface area contributed by atoms with E-state index in [4.69, 9.17) is 11.6 Å². The van der Waals surface area contributed by atoms with Gasteiger partial charge in [-0.1, -0.05) is 11.6 Å². The normalized spacial score (nSPS) is 20.8. The first-order chi connectivity index (χ1) is 7.11. The Morgan fingerprint density at radius 3 is 2.80 bits per heavy atom. The Bertz CT molecular complexity index is 365. The molecule has 5 heteroatoms. The molecule has 15 heavy (non-hydrogen) atoms. The smallest absolute Gasteiger partial charge is 0.165 e. The second kappa shape index (κ2) is 3.87. The van der Waals surface area contributed by atoms with Crippen LogP contribution in [0.4, 0.5) is 4.39 Å². The summed E-state index contributed by atoms with van der Waals surface area (Å²) < 4.78 is 13.7. The Morgan fingerprint density at radius 2 is 2.20 bits per heavy atom. The molecule has 0 amide bonds. The van der Waals surface area contributed by atoms with Crippen LogP contribution in [0.3, 0.4) is 0 Å². The van der Waals surface area contributed by atoms with Crippen LogP contribution in [0.25, 0.3) is 0 Å². The van der Waals surface area contributed by atoms with Crippen LogP contribution in [0.1, 0.15) is 24.4 Å². The lowest BCUT2D eigenvalue weighted by atomic mass is 10.0. The highest BCUT2D eigenvalue weighted by molar-refractivity contribution is 6.31. The van der Waals surface area contributed by atoms with Crippen molar-refractivity contribution >= 4 is 11.6 Å². The maximum atomic E-state index is 13.7. The van der Waals surface area contributed by atoms with Gasteiger partial charge < -0.3 is 15.5 Å². The van der Waals surface area contributed by atoms with Crippen molar-refractivity contribution in [1.82, 2.24) is 5.32 Å². The van der Waals surface area contributed by atoms with Crippen LogP contribution in [0.2, 0.25) is 5.02 Å². The summed E-state index contributed by atoms with van der Waals surface area (Å²) in [4.78, 5) is 0. The van der Waals surface area contributed by atoms with E-state index in [1.807, 2.05) is 0 Å². The van der Waals surface area contributed by atoms with Gasteiger partial charge in [-0.05, 0) is 19.4 Å². The highest BCUT2D eigenvalue weighted by Gasteiger charge is 2.26. The molecule has 0 aliphatic carbocycles. The molecule has 3 N–H and O–H groups in total. The Labute approximate surface area is 91.5 Å². The van der Waals surface area contributed by atoms with Gasteiger partial charge in [0.25, 0.3) is 0 Å². The summed E-state index contributed by atoms with van der Waals surface area (Å²) in [6.45, 7) is 0.775. The SMILES string of the molecule is Oc1cc(Cl)c(F)c(C2CCCN2)c1O. The molecule has 1 heterocycles. The molecule has 2 rings (SSSR count). The van der Waals surface area contributed by atoms with Crippen molar-refractivity contribution in [3.05, 3.63) is 22.5 Å². The zero-order valence-corrected chi connectivity index (χ0v) is 8.68. The molecular weight excluding hydrogens is 221 g/mol. The molecule has 0 saturated carbocycles. The molecule has 3 nitrogen and oxygen atoms in total. The van der Waals surface area contributed by atoms with Gasteiger partial charge in [0.2, 0.25) is 0 Å². The zero-order valence-electron chi connectivity index (χ0n) is 7.93. The van der Waals surface area contributed by atoms with E-state index in [0.29, 0.717) is 0 Å². The lowest BCUT2D eigenvalue weighted by Gasteiger charge is -2.15. The summed E-state index contributed by atoms with van der Waals surface area (Å²) in [5.41, 5.74) is 0.0671. The van der Waals surface area contributed by atoms with E-state index in [0.717, 1.165) is 25.5 Å². The molecule has 1 aliphatic heterocycles. The molecular formula is C10H11ClFNO2. The molecule has 1 fully saturated rings. The molecule has 1 aromatic rings. The molecule has 1 aromatic carbocycles. The van der Waals surface area contributed by atoms with Gasteiger partial charge in [-0.15, -0.1) is 0 Å². The topological polar surface area (TPSA) is 52.5 Å². The third-order valence-electron chi connectivity index (χ3n) is 2.62. The van der Waals surface area contributed by atoms with Crippen LogP contribution < -0.4 is 5.32 Å². The van der Waals surface area contributed by atoms with Gasteiger partial charge in [0.15, 0.2) is 17.3 Å². The minimum Gasteiger partial charge on any atom is -0.504 e. The van der Waals surface area contributed by atoms with Gasteiger partial charge in [0, 0.05) is 12.1 Å². The van der Waals surface area contributed by atoms with Gasteiger partial charge in [0.05, 0.1) is 10.6 Å². The lowest BCUT2D eigenvalue weighted by molar-refractivity contribution is 0.386. The molecule has 0 aromatic heterocycles. The molecule has 82 valence electrons. The van der Waals surface area contributed by atoms with Crippen molar-refractivity contribution in [2.24, 2.45) is 0 Å². The zero-order chi connectivity index (χ0) is 11.0. The Morgan fingerprint density at radius 1 is 1.47 bits per heavy atom. The van der Waals surface area contributed by atoms with E-state index in [9.17, 15) is 14.6 Å². The number of benzene rings is 1. The van der Waals surface area contributed by atoms with Crippen LogP contribution in [0, 0.1) is 5.82 Å². The molecule has 0 radical (unpaired) electrons. The number of hydrogen-bond donors (Lipinski definition) is 3. The summed E-state index contributed by atoms with van der Waals surface area (Å²) in [6, 6.07) is 0.736. The van der Waals surface area contributed by atoms with Crippen LogP contribution in [0.5, 0.6) is 11.5 Å². The minimum absolute atomic E-state index is 0.0671. The highest BCUT2D eigenvalue weighted by atomic mass is 35.5. The quantitative estimate of drug-likeness (QED) is 0.650. The summed E-state index contributed by atoms with van der Waals surface area (Å²) in [5.74, 6) is -1.47. The maximum absolute atomic E-state index is 13.7. The van der Waals surface area contributed by atoms with Gasteiger partial charge in [-0.3, -0.25) is 0 Å². The summed E-state index contributed by atoms with van der Waals surface area (Å²) in [7, 11) is 0.